The molecule has 0 aliphatic rings. The van der Waals surface area contributed by atoms with E-state index in [2.05, 4.69) is 35.8 Å². The minimum absolute atomic E-state index is 0.368. The fourth-order valence-electron chi connectivity index (χ4n) is 2.41. The monoisotopic (exact) mass is 370 g/mol. The minimum Gasteiger partial charge on any atom is -0.457 e. The SMILES string of the molecule is Cc1cc(CC#CCCl)ccc1Oc1ccc(CC#CCCl)cc1C. The van der Waals surface area contributed by atoms with Crippen LogP contribution in [0.1, 0.15) is 22.3 Å². The first-order valence-corrected chi connectivity index (χ1v) is 9.11. The molecule has 0 bridgehead atoms. The number of benzene rings is 2. The maximum Gasteiger partial charge on any atom is 0.130 e. The highest BCUT2D eigenvalue weighted by Gasteiger charge is 2.06. The first kappa shape index (κ1) is 19.3. The van der Waals surface area contributed by atoms with Crippen LogP contribution in [0.2, 0.25) is 0 Å². The number of rotatable bonds is 4. The van der Waals surface area contributed by atoms with Crippen LogP contribution in [-0.2, 0) is 12.8 Å². The van der Waals surface area contributed by atoms with E-state index >= 15 is 0 Å². The normalized spacial score (nSPS) is 9.60. The molecule has 0 atom stereocenters. The fraction of sp³-hybridized carbons (Fsp3) is 0.273. The summed E-state index contributed by atoms with van der Waals surface area (Å²) in [5.74, 6) is 14.3. The average Bonchev–Trinajstić information content (AvgIpc) is 2.59. The Hall–Kier alpha value is -2.06. The zero-order valence-corrected chi connectivity index (χ0v) is 16.0. The van der Waals surface area contributed by atoms with E-state index in [1.54, 1.807) is 0 Å². The first-order valence-electron chi connectivity index (χ1n) is 8.04. The van der Waals surface area contributed by atoms with Crippen LogP contribution in [0, 0.1) is 37.5 Å². The molecule has 128 valence electrons. The van der Waals surface area contributed by atoms with Gasteiger partial charge in [0.1, 0.15) is 11.5 Å². The maximum atomic E-state index is 6.09. The first-order chi connectivity index (χ1) is 12.1. The Balaban J connectivity index is 2.11. The Kier molecular flexibility index (Phi) is 7.75. The van der Waals surface area contributed by atoms with Crippen LogP contribution in [0.3, 0.4) is 0 Å². The van der Waals surface area contributed by atoms with E-state index in [0.717, 1.165) is 33.8 Å². The Morgan fingerprint density at radius 3 is 1.52 bits per heavy atom. The van der Waals surface area contributed by atoms with Gasteiger partial charge in [0.2, 0.25) is 0 Å². The lowest BCUT2D eigenvalue weighted by Crippen LogP contribution is -1.93. The highest BCUT2D eigenvalue weighted by atomic mass is 35.5. The fourth-order valence-corrected chi connectivity index (χ4v) is 2.60. The molecule has 0 fully saturated rings. The molecular formula is C22H20Cl2O. The van der Waals surface area contributed by atoms with Crippen molar-refractivity contribution in [3.05, 3.63) is 58.7 Å². The van der Waals surface area contributed by atoms with Gasteiger partial charge in [0.25, 0.3) is 0 Å². The summed E-state index contributed by atoms with van der Waals surface area (Å²) >= 11 is 11.1. The Morgan fingerprint density at radius 1 is 0.720 bits per heavy atom. The van der Waals surface area contributed by atoms with Gasteiger partial charge in [-0.05, 0) is 48.2 Å². The molecule has 1 nitrogen and oxygen atoms in total. The van der Waals surface area contributed by atoms with Crippen molar-refractivity contribution >= 4 is 23.2 Å². The zero-order valence-electron chi connectivity index (χ0n) is 14.5. The Bertz CT molecular complexity index is 776. The molecule has 0 amide bonds. The maximum absolute atomic E-state index is 6.09. The lowest BCUT2D eigenvalue weighted by Gasteiger charge is -2.12. The second kappa shape index (κ2) is 10.0. The molecule has 0 aliphatic heterocycles. The lowest BCUT2D eigenvalue weighted by atomic mass is 10.1. The molecule has 0 unspecified atom stereocenters. The van der Waals surface area contributed by atoms with Crippen molar-refractivity contribution in [1.82, 2.24) is 0 Å². The molecule has 0 saturated heterocycles. The largest absolute Gasteiger partial charge is 0.457 e. The van der Waals surface area contributed by atoms with Gasteiger partial charge in [-0.25, -0.2) is 0 Å². The van der Waals surface area contributed by atoms with E-state index in [1.807, 2.05) is 38.1 Å². The summed E-state index contributed by atoms with van der Waals surface area (Å²) in [6, 6.07) is 12.3. The smallest absolute Gasteiger partial charge is 0.130 e. The number of hydrogen-bond donors (Lipinski definition) is 0. The van der Waals surface area contributed by atoms with Gasteiger partial charge >= 0.3 is 0 Å². The molecule has 3 heteroatoms. The summed E-state index contributed by atoms with van der Waals surface area (Å²) in [7, 11) is 0. The third-order valence-electron chi connectivity index (χ3n) is 3.67. The van der Waals surface area contributed by atoms with E-state index in [-0.39, 0.29) is 0 Å². The van der Waals surface area contributed by atoms with E-state index < -0.39 is 0 Å². The van der Waals surface area contributed by atoms with Crippen molar-refractivity contribution in [2.24, 2.45) is 0 Å². The van der Waals surface area contributed by atoms with Crippen molar-refractivity contribution in [2.75, 3.05) is 11.8 Å². The van der Waals surface area contributed by atoms with Crippen LogP contribution in [0.5, 0.6) is 11.5 Å². The predicted molar refractivity (Wildman–Crippen MR) is 107 cm³/mol. The number of hydrogen-bond acceptors (Lipinski definition) is 1. The molecule has 2 aromatic carbocycles. The third-order valence-corrected chi connectivity index (χ3v) is 3.93. The third kappa shape index (κ3) is 6.06. The van der Waals surface area contributed by atoms with Crippen molar-refractivity contribution in [3.63, 3.8) is 0 Å². The highest BCUT2D eigenvalue weighted by Crippen LogP contribution is 2.29. The van der Waals surface area contributed by atoms with Crippen LogP contribution in [0.25, 0.3) is 0 Å². The van der Waals surface area contributed by atoms with Crippen molar-refractivity contribution < 1.29 is 4.74 Å². The van der Waals surface area contributed by atoms with E-state index in [0.29, 0.717) is 24.6 Å². The van der Waals surface area contributed by atoms with Gasteiger partial charge in [-0.15, -0.1) is 23.2 Å². The number of alkyl halides is 2. The molecular weight excluding hydrogens is 351 g/mol. The second-order valence-corrected chi connectivity index (χ2v) is 6.16. The summed E-state index contributed by atoms with van der Waals surface area (Å²) in [6.07, 6.45) is 1.40. The predicted octanol–water partition coefficient (Wildman–Crippen LogP) is 5.67. The molecule has 2 aromatic rings. The molecule has 0 heterocycles. The van der Waals surface area contributed by atoms with Gasteiger partial charge in [-0.1, -0.05) is 47.9 Å². The number of aryl methyl sites for hydroxylation is 2. The van der Waals surface area contributed by atoms with Gasteiger partial charge in [0, 0.05) is 12.8 Å². The minimum atomic E-state index is 0.368. The standard InChI is InChI=1S/C22H20Cl2O/c1-17-15-19(7-3-5-13-23)9-11-21(17)25-22-12-10-20(16-18(22)2)8-4-6-14-24/h9-12,15-16H,7-8,13-14H2,1-2H3. The van der Waals surface area contributed by atoms with E-state index in [4.69, 9.17) is 27.9 Å². The highest BCUT2D eigenvalue weighted by molar-refractivity contribution is 6.19. The van der Waals surface area contributed by atoms with Crippen LogP contribution in [-0.4, -0.2) is 11.8 Å². The van der Waals surface area contributed by atoms with Crippen molar-refractivity contribution in [2.45, 2.75) is 26.7 Å². The van der Waals surface area contributed by atoms with E-state index in [9.17, 15) is 0 Å². The second-order valence-electron chi connectivity index (χ2n) is 5.63. The van der Waals surface area contributed by atoms with Crippen LogP contribution in [0.4, 0.5) is 0 Å². The molecule has 0 aliphatic carbocycles. The summed E-state index contributed by atoms with van der Waals surface area (Å²) in [5.41, 5.74) is 4.49. The van der Waals surface area contributed by atoms with Gasteiger partial charge in [-0.3, -0.25) is 0 Å². The summed E-state index contributed by atoms with van der Waals surface area (Å²) in [4.78, 5) is 0. The van der Waals surface area contributed by atoms with E-state index in [1.165, 1.54) is 0 Å². The Morgan fingerprint density at radius 2 is 1.16 bits per heavy atom. The van der Waals surface area contributed by atoms with Gasteiger partial charge in [0.15, 0.2) is 0 Å². The van der Waals surface area contributed by atoms with Gasteiger partial charge < -0.3 is 4.74 Å². The van der Waals surface area contributed by atoms with Crippen molar-refractivity contribution in [1.29, 1.82) is 0 Å². The molecule has 0 aromatic heterocycles. The summed E-state index contributed by atoms with van der Waals surface area (Å²) < 4.78 is 6.09. The van der Waals surface area contributed by atoms with Crippen LogP contribution in [0.15, 0.2) is 36.4 Å². The zero-order chi connectivity index (χ0) is 18.1. The topological polar surface area (TPSA) is 9.23 Å². The number of ether oxygens (including phenoxy) is 1. The average molecular weight is 371 g/mol. The quantitative estimate of drug-likeness (QED) is 0.497. The summed E-state index contributed by atoms with van der Waals surface area (Å²) in [6.45, 7) is 4.08. The molecule has 0 N–H and O–H groups in total. The van der Waals surface area contributed by atoms with Crippen LogP contribution >= 0.6 is 23.2 Å². The number of halogens is 2. The van der Waals surface area contributed by atoms with Gasteiger partial charge in [-0.2, -0.15) is 0 Å². The Labute approximate surface area is 160 Å². The lowest BCUT2D eigenvalue weighted by molar-refractivity contribution is 0.475. The molecule has 25 heavy (non-hydrogen) atoms. The van der Waals surface area contributed by atoms with Crippen LogP contribution < -0.4 is 4.74 Å². The molecule has 0 spiro atoms. The summed E-state index contributed by atoms with van der Waals surface area (Å²) in [5, 5.41) is 0. The molecule has 0 saturated carbocycles. The van der Waals surface area contributed by atoms with Gasteiger partial charge in [0.05, 0.1) is 11.8 Å². The molecule has 0 radical (unpaired) electrons. The van der Waals surface area contributed by atoms with Crippen molar-refractivity contribution in [3.8, 4) is 35.2 Å². The molecule has 2 rings (SSSR count).